The zero-order valence-corrected chi connectivity index (χ0v) is 21.2. The Morgan fingerprint density at radius 2 is 1.31 bits per heavy atom. The molecule has 0 heterocycles. The van der Waals surface area contributed by atoms with E-state index in [0.717, 1.165) is 37.0 Å². The molecule has 5 heteroatoms. The third kappa shape index (κ3) is 9.21. The summed E-state index contributed by atoms with van der Waals surface area (Å²) in [5, 5.41) is 11.3. The number of ether oxygens (including phenoxy) is 1. The van der Waals surface area contributed by atoms with Gasteiger partial charge in [-0.1, -0.05) is 68.3 Å². The quantitative estimate of drug-likeness (QED) is 0.234. The lowest BCUT2D eigenvalue weighted by Crippen LogP contribution is -2.25. The van der Waals surface area contributed by atoms with Crippen LogP contribution in [-0.2, 0) is 17.6 Å². The van der Waals surface area contributed by atoms with Gasteiger partial charge in [0, 0.05) is 12.1 Å². The zero-order valence-electron chi connectivity index (χ0n) is 21.2. The molecule has 36 heavy (non-hydrogen) atoms. The Hall–Kier alpha value is -3.60. The van der Waals surface area contributed by atoms with E-state index in [1.165, 1.54) is 36.0 Å². The van der Waals surface area contributed by atoms with E-state index in [1.54, 1.807) is 12.1 Å². The highest BCUT2D eigenvalue weighted by Crippen LogP contribution is 2.23. The van der Waals surface area contributed by atoms with Gasteiger partial charge in [-0.15, -0.1) is 0 Å². The number of carbonyl (C=O) groups excluding carboxylic acids is 1. The minimum absolute atomic E-state index is 0.0803. The number of hydrogen-bond donors (Lipinski definition) is 2. The maximum Gasteiger partial charge on any atom is 0.305 e. The van der Waals surface area contributed by atoms with Crippen molar-refractivity contribution in [3.05, 3.63) is 89.5 Å². The SMILES string of the molecule is CCCCCc1ccc(-c2ccc(OCCCCc3ccc(C(=O)NCCC(=O)O)cc3)cc2)cc1. The van der Waals surface area contributed by atoms with Gasteiger partial charge in [0.25, 0.3) is 5.91 Å². The third-order valence-electron chi connectivity index (χ3n) is 6.18. The van der Waals surface area contributed by atoms with Crippen LogP contribution in [-0.4, -0.2) is 30.1 Å². The largest absolute Gasteiger partial charge is 0.494 e. The number of carbonyl (C=O) groups is 2. The molecule has 0 unspecified atom stereocenters. The Morgan fingerprint density at radius 1 is 0.750 bits per heavy atom. The Morgan fingerprint density at radius 3 is 1.89 bits per heavy atom. The molecule has 3 aromatic carbocycles. The second kappa shape index (κ2) is 14.7. The second-order valence-electron chi connectivity index (χ2n) is 9.08. The first-order valence-corrected chi connectivity index (χ1v) is 13.0. The smallest absolute Gasteiger partial charge is 0.305 e. The second-order valence-corrected chi connectivity index (χ2v) is 9.08. The fraction of sp³-hybridized carbons (Fsp3) is 0.355. The molecule has 0 aliphatic rings. The van der Waals surface area contributed by atoms with Crippen LogP contribution in [0.4, 0.5) is 0 Å². The van der Waals surface area contributed by atoms with Gasteiger partial charge in [-0.2, -0.15) is 0 Å². The summed E-state index contributed by atoms with van der Waals surface area (Å²) in [5.74, 6) is -0.292. The highest BCUT2D eigenvalue weighted by atomic mass is 16.5. The molecule has 0 aliphatic carbocycles. The van der Waals surface area contributed by atoms with Crippen LogP contribution in [0.1, 0.15) is 66.9 Å². The van der Waals surface area contributed by atoms with Crippen molar-refractivity contribution in [2.45, 2.75) is 58.3 Å². The van der Waals surface area contributed by atoms with Crippen molar-refractivity contribution < 1.29 is 19.4 Å². The Kier molecular flexibility index (Phi) is 11.0. The van der Waals surface area contributed by atoms with E-state index >= 15 is 0 Å². The number of unbranched alkanes of at least 4 members (excludes halogenated alkanes) is 3. The Balaban J connectivity index is 1.35. The van der Waals surface area contributed by atoms with Crippen molar-refractivity contribution in [3.8, 4) is 16.9 Å². The molecule has 3 rings (SSSR count). The summed E-state index contributed by atoms with van der Waals surface area (Å²) >= 11 is 0. The maximum atomic E-state index is 12.0. The fourth-order valence-electron chi connectivity index (χ4n) is 4.02. The third-order valence-corrected chi connectivity index (χ3v) is 6.18. The van der Waals surface area contributed by atoms with Crippen LogP contribution in [0.2, 0.25) is 0 Å². The minimum atomic E-state index is -0.926. The van der Waals surface area contributed by atoms with E-state index in [9.17, 15) is 9.59 Å². The molecule has 2 N–H and O–H groups in total. The van der Waals surface area contributed by atoms with Crippen LogP contribution < -0.4 is 10.1 Å². The lowest BCUT2D eigenvalue weighted by Gasteiger charge is -2.09. The molecule has 0 radical (unpaired) electrons. The molecule has 1 amide bonds. The molecule has 3 aromatic rings. The summed E-state index contributed by atoms with van der Waals surface area (Å²) in [6.45, 7) is 3.03. The van der Waals surface area contributed by atoms with Crippen molar-refractivity contribution in [3.63, 3.8) is 0 Å². The van der Waals surface area contributed by atoms with Crippen molar-refractivity contribution in [1.29, 1.82) is 0 Å². The zero-order chi connectivity index (χ0) is 25.6. The predicted octanol–water partition coefficient (Wildman–Crippen LogP) is 6.69. The van der Waals surface area contributed by atoms with E-state index < -0.39 is 5.97 Å². The normalized spacial score (nSPS) is 10.7. The number of aliphatic carboxylic acids is 1. The van der Waals surface area contributed by atoms with Gasteiger partial charge in [0.15, 0.2) is 0 Å². The molecule has 190 valence electrons. The van der Waals surface area contributed by atoms with Gasteiger partial charge in [0.05, 0.1) is 13.0 Å². The predicted molar refractivity (Wildman–Crippen MR) is 145 cm³/mol. The number of carboxylic acid groups (broad SMARTS) is 1. The molecular weight excluding hydrogens is 450 g/mol. The molecule has 0 bridgehead atoms. The van der Waals surface area contributed by atoms with Crippen molar-refractivity contribution >= 4 is 11.9 Å². The van der Waals surface area contributed by atoms with E-state index in [2.05, 4.69) is 48.6 Å². The molecular formula is C31H37NO4. The summed E-state index contributed by atoms with van der Waals surface area (Å²) in [6.07, 6.45) is 7.72. The number of carboxylic acids is 1. The van der Waals surface area contributed by atoms with E-state index in [4.69, 9.17) is 9.84 Å². The van der Waals surface area contributed by atoms with Crippen molar-refractivity contribution in [2.75, 3.05) is 13.2 Å². The number of hydrogen-bond acceptors (Lipinski definition) is 3. The molecule has 0 fully saturated rings. The molecule has 0 spiro atoms. The number of aryl methyl sites for hydroxylation is 2. The van der Waals surface area contributed by atoms with Gasteiger partial charge in [-0.05, 0) is 78.6 Å². The number of rotatable bonds is 15. The number of amides is 1. The molecule has 5 nitrogen and oxygen atoms in total. The molecule has 0 saturated heterocycles. The number of nitrogens with one attached hydrogen (secondary N) is 1. The first-order valence-electron chi connectivity index (χ1n) is 13.0. The standard InChI is InChI=1S/C31H37NO4/c1-2-3-4-7-24-9-13-26(14-10-24)27-17-19-29(20-18-27)36-23-6-5-8-25-11-15-28(16-12-25)31(35)32-22-21-30(33)34/h9-20H,2-8,21-23H2,1H3,(H,32,35)(H,33,34). The summed E-state index contributed by atoms with van der Waals surface area (Å²) in [5.41, 5.74) is 5.53. The minimum Gasteiger partial charge on any atom is -0.494 e. The monoisotopic (exact) mass is 487 g/mol. The van der Waals surface area contributed by atoms with Gasteiger partial charge in [0.2, 0.25) is 0 Å². The highest BCUT2D eigenvalue weighted by Gasteiger charge is 2.06. The van der Waals surface area contributed by atoms with Crippen LogP contribution in [0.3, 0.4) is 0 Å². The number of benzene rings is 3. The molecule has 0 aliphatic heterocycles. The summed E-state index contributed by atoms with van der Waals surface area (Å²) < 4.78 is 5.92. The van der Waals surface area contributed by atoms with Gasteiger partial charge >= 0.3 is 5.97 Å². The lowest BCUT2D eigenvalue weighted by molar-refractivity contribution is -0.136. The van der Waals surface area contributed by atoms with Crippen molar-refractivity contribution in [1.82, 2.24) is 5.32 Å². The average molecular weight is 488 g/mol. The van der Waals surface area contributed by atoms with Gasteiger partial charge in [-0.25, -0.2) is 0 Å². The van der Waals surface area contributed by atoms with Gasteiger partial charge in [0.1, 0.15) is 5.75 Å². The Bertz CT molecular complexity index is 1070. The topological polar surface area (TPSA) is 75.6 Å². The van der Waals surface area contributed by atoms with E-state index in [0.29, 0.717) is 12.2 Å². The maximum absolute atomic E-state index is 12.0. The first kappa shape index (κ1) is 27.0. The molecule has 0 saturated carbocycles. The van der Waals surface area contributed by atoms with Crippen LogP contribution in [0.15, 0.2) is 72.8 Å². The van der Waals surface area contributed by atoms with Crippen LogP contribution in [0.5, 0.6) is 5.75 Å². The summed E-state index contributed by atoms with van der Waals surface area (Å²) in [4.78, 5) is 22.5. The molecule has 0 aromatic heterocycles. The average Bonchev–Trinajstić information content (AvgIpc) is 2.89. The van der Waals surface area contributed by atoms with Crippen LogP contribution in [0.25, 0.3) is 11.1 Å². The summed E-state index contributed by atoms with van der Waals surface area (Å²) in [6, 6.07) is 24.6. The van der Waals surface area contributed by atoms with Crippen molar-refractivity contribution in [2.24, 2.45) is 0 Å². The van der Waals surface area contributed by atoms with E-state index in [1.807, 2.05) is 24.3 Å². The van der Waals surface area contributed by atoms with Crippen LogP contribution >= 0.6 is 0 Å². The first-order chi connectivity index (χ1) is 17.5. The fourth-order valence-corrected chi connectivity index (χ4v) is 4.02. The van der Waals surface area contributed by atoms with E-state index in [-0.39, 0.29) is 18.9 Å². The van der Waals surface area contributed by atoms with Crippen LogP contribution in [0, 0.1) is 0 Å². The highest BCUT2D eigenvalue weighted by molar-refractivity contribution is 5.94. The summed E-state index contributed by atoms with van der Waals surface area (Å²) in [7, 11) is 0. The Labute approximate surface area is 214 Å². The lowest BCUT2D eigenvalue weighted by atomic mass is 10.0. The molecule has 0 atom stereocenters. The van der Waals surface area contributed by atoms with Gasteiger partial charge < -0.3 is 15.2 Å². The van der Waals surface area contributed by atoms with Gasteiger partial charge in [-0.3, -0.25) is 9.59 Å².